The molecule has 0 fully saturated rings. The van der Waals surface area contributed by atoms with Gasteiger partial charge in [0.2, 0.25) is 0 Å². The molecule has 4 nitrogen and oxygen atoms in total. The topological polar surface area (TPSA) is 63.2 Å². The average Bonchev–Trinajstić information content (AvgIpc) is 2.79. The molecule has 1 amide bonds. The van der Waals surface area contributed by atoms with Crippen LogP contribution in [-0.4, -0.2) is 23.5 Å². The van der Waals surface area contributed by atoms with Gasteiger partial charge in [0.05, 0.1) is 6.04 Å². The number of amides is 1. The van der Waals surface area contributed by atoms with Gasteiger partial charge in [0.1, 0.15) is 5.82 Å². The minimum absolute atomic E-state index is 0.0684. The van der Waals surface area contributed by atoms with Crippen LogP contribution in [0.15, 0.2) is 78.9 Å². The van der Waals surface area contributed by atoms with Crippen LogP contribution >= 0.6 is 0 Å². The van der Waals surface area contributed by atoms with Gasteiger partial charge < -0.3 is 5.32 Å². The average molecular weight is 460 g/mol. The molecule has 0 saturated carbocycles. The molecule has 0 aliphatic heterocycles. The highest BCUT2D eigenvalue weighted by Gasteiger charge is 2.23. The minimum Gasteiger partial charge on any atom is -0.342 e. The number of hydrogen-bond donors (Lipinski definition) is 1. The van der Waals surface area contributed by atoms with E-state index in [4.69, 9.17) is 0 Å². The quantitative estimate of drug-likeness (QED) is 0.424. The highest BCUT2D eigenvalue weighted by Crippen LogP contribution is 2.22. The van der Waals surface area contributed by atoms with Crippen molar-refractivity contribution in [3.8, 4) is 0 Å². The molecule has 3 rings (SSSR count). The van der Waals surface area contributed by atoms with E-state index in [1.54, 1.807) is 24.3 Å². The normalized spacial score (nSPS) is 12.1. The predicted molar refractivity (Wildman–Crippen MR) is 131 cm³/mol. The molecule has 5 heteroatoms. The van der Waals surface area contributed by atoms with Crippen molar-refractivity contribution < 1.29 is 18.8 Å². The molecule has 0 unspecified atom stereocenters. The molecule has 1 atom stereocenters. The van der Waals surface area contributed by atoms with Crippen molar-refractivity contribution in [1.29, 1.82) is 0 Å². The number of rotatable bonds is 9. The lowest BCUT2D eigenvalue weighted by Crippen LogP contribution is -2.43. The first-order valence-electron chi connectivity index (χ1n) is 11.4. The Bertz CT molecular complexity index is 1130. The molecule has 1 N–H and O–H groups in total. The SMILES string of the molecule is CC(C)(C)CC(=O)c1ccc(CC(=O)[C@H](Cc2ccccc2)NC(=O)c2ccc(F)cc2)cc1. The third-order valence-corrected chi connectivity index (χ3v) is 5.43. The first-order chi connectivity index (χ1) is 16.1. The molecule has 0 heterocycles. The third kappa shape index (κ3) is 7.48. The number of hydrogen-bond acceptors (Lipinski definition) is 3. The van der Waals surface area contributed by atoms with Gasteiger partial charge in [-0.3, -0.25) is 14.4 Å². The number of halogens is 1. The van der Waals surface area contributed by atoms with Gasteiger partial charge in [-0.15, -0.1) is 0 Å². The van der Waals surface area contributed by atoms with Gasteiger partial charge in [-0.1, -0.05) is 75.4 Å². The summed E-state index contributed by atoms with van der Waals surface area (Å²) in [6.07, 6.45) is 0.906. The molecule has 0 aliphatic carbocycles. The maximum atomic E-state index is 13.2. The summed E-state index contributed by atoms with van der Waals surface area (Å²) < 4.78 is 13.2. The summed E-state index contributed by atoms with van der Waals surface area (Å²) in [5, 5.41) is 2.81. The summed E-state index contributed by atoms with van der Waals surface area (Å²) in [5.41, 5.74) is 2.50. The number of ketones is 2. The molecule has 0 radical (unpaired) electrons. The smallest absolute Gasteiger partial charge is 0.251 e. The Hall–Kier alpha value is -3.60. The zero-order valence-corrected chi connectivity index (χ0v) is 19.8. The summed E-state index contributed by atoms with van der Waals surface area (Å²) in [4.78, 5) is 38.4. The van der Waals surface area contributed by atoms with E-state index in [1.807, 2.05) is 51.1 Å². The van der Waals surface area contributed by atoms with Crippen LogP contribution in [-0.2, 0) is 17.6 Å². The molecular formula is C29H30FNO3. The van der Waals surface area contributed by atoms with E-state index >= 15 is 0 Å². The predicted octanol–water partition coefficient (Wildman–Crippen LogP) is 5.60. The molecule has 3 aromatic rings. The summed E-state index contributed by atoms with van der Waals surface area (Å²) in [6, 6.07) is 21.0. The fourth-order valence-corrected chi connectivity index (χ4v) is 3.65. The highest BCUT2D eigenvalue weighted by molar-refractivity contribution is 5.99. The zero-order valence-electron chi connectivity index (χ0n) is 19.8. The van der Waals surface area contributed by atoms with E-state index in [9.17, 15) is 18.8 Å². The first kappa shape index (κ1) is 25.0. The number of benzene rings is 3. The van der Waals surface area contributed by atoms with Crippen LogP contribution in [0, 0.1) is 11.2 Å². The second-order valence-electron chi connectivity index (χ2n) is 9.72. The second-order valence-corrected chi connectivity index (χ2v) is 9.72. The Morgan fingerprint density at radius 2 is 1.38 bits per heavy atom. The van der Waals surface area contributed by atoms with Crippen molar-refractivity contribution in [3.05, 3.63) is 107 Å². The van der Waals surface area contributed by atoms with E-state index in [2.05, 4.69) is 5.32 Å². The van der Waals surface area contributed by atoms with Crippen LogP contribution in [0.1, 0.15) is 59.0 Å². The second kappa shape index (κ2) is 11.0. The molecule has 0 spiro atoms. The Kier molecular flexibility index (Phi) is 8.11. The molecule has 0 aromatic heterocycles. The maximum absolute atomic E-state index is 13.2. The van der Waals surface area contributed by atoms with E-state index in [0.29, 0.717) is 18.4 Å². The molecule has 0 aliphatic rings. The van der Waals surface area contributed by atoms with Crippen molar-refractivity contribution in [3.63, 3.8) is 0 Å². The first-order valence-corrected chi connectivity index (χ1v) is 11.4. The number of nitrogens with one attached hydrogen (secondary N) is 1. The van der Waals surface area contributed by atoms with Gasteiger partial charge in [0.15, 0.2) is 11.6 Å². The number of Topliss-reactive ketones (excluding diaryl/α,β-unsaturated/α-hetero) is 2. The Morgan fingerprint density at radius 3 is 1.97 bits per heavy atom. The monoisotopic (exact) mass is 459 g/mol. The van der Waals surface area contributed by atoms with Gasteiger partial charge in [-0.2, -0.15) is 0 Å². The summed E-state index contributed by atoms with van der Waals surface area (Å²) in [5.74, 6) is -0.942. The van der Waals surface area contributed by atoms with Crippen molar-refractivity contribution in [2.24, 2.45) is 5.41 Å². The fraction of sp³-hybridized carbons (Fsp3) is 0.276. The van der Waals surface area contributed by atoms with Crippen LogP contribution in [0.4, 0.5) is 4.39 Å². The Morgan fingerprint density at radius 1 is 0.794 bits per heavy atom. The minimum atomic E-state index is -0.748. The molecule has 3 aromatic carbocycles. The summed E-state index contributed by atoms with van der Waals surface area (Å²) in [6.45, 7) is 6.06. The van der Waals surface area contributed by atoms with Crippen molar-refractivity contribution in [1.82, 2.24) is 5.32 Å². The lowest BCUT2D eigenvalue weighted by atomic mass is 9.87. The van der Waals surface area contributed by atoms with Crippen molar-refractivity contribution >= 4 is 17.5 Å². The van der Waals surface area contributed by atoms with E-state index in [-0.39, 0.29) is 29.0 Å². The Labute approximate surface area is 200 Å². The molecule has 0 saturated heterocycles. The maximum Gasteiger partial charge on any atom is 0.251 e. The van der Waals surface area contributed by atoms with E-state index in [0.717, 1.165) is 11.1 Å². The summed E-state index contributed by atoms with van der Waals surface area (Å²) in [7, 11) is 0. The van der Waals surface area contributed by atoms with Gasteiger partial charge in [-0.25, -0.2) is 4.39 Å². The van der Waals surface area contributed by atoms with Crippen LogP contribution in [0.25, 0.3) is 0 Å². The van der Waals surface area contributed by atoms with Gasteiger partial charge in [-0.05, 0) is 47.2 Å². The highest BCUT2D eigenvalue weighted by atomic mass is 19.1. The third-order valence-electron chi connectivity index (χ3n) is 5.43. The van der Waals surface area contributed by atoms with Gasteiger partial charge in [0, 0.05) is 24.0 Å². The lowest BCUT2D eigenvalue weighted by Gasteiger charge is -2.19. The summed E-state index contributed by atoms with van der Waals surface area (Å²) >= 11 is 0. The zero-order chi connectivity index (χ0) is 24.7. The van der Waals surface area contributed by atoms with Gasteiger partial charge in [0.25, 0.3) is 5.91 Å². The van der Waals surface area contributed by atoms with Gasteiger partial charge >= 0.3 is 0 Å². The standard InChI is InChI=1S/C29H30FNO3/c1-29(2,3)19-27(33)22-11-9-21(10-12-22)18-26(32)25(17-20-7-5-4-6-8-20)31-28(34)23-13-15-24(30)16-14-23/h4-16,25H,17-19H2,1-3H3,(H,31,34)/t25-/m0/s1. The van der Waals surface area contributed by atoms with Crippen LogP contribution in [0.3, 0.4) is 0 Å². The van der Waals surface area contributed by atoms with Crippen LogP contribution < -0.4 is 5.32 Å². The molecule has 0 bridgehead atoms. The van der Waals surface area contributed by atoms with Crippen LogP contribution in [0.5, 0.6) is 0 Å². The number of carbonyl (C=O) groups is 3. The lowest BCUT2D eigenvalue weighted by molar-refractivity contribution is -0.120. The van der Waals surface area contributed by atoms with Crippen molar-refractivity contribution in [2.45, 2.75) is 46.1 Å². The Balaban J connectivity index is 1.73. The molecule has 176 valence electrons. The molecular weight excluding hydrogens is 429 g/mol. The van der Waals surface area contributed by atoms with E-state index in [1.165, 1.54) is 24.3 Å². The fourth-order valence-electron chi connectivity index (χ4n) is 3.65. The largest absolute Gasteiger partial charge is 0.342 e. The van der Waals surface area contributed by atoms with Crippen LogP contribution in [0.2, 0.25) is 0 Å². The number of carbonyl (C=O) groups excluding carboxylic acids is 3. The van der Waals surface area contributed by atoms with E-state index < -0.39 is 17.8 Å². The van der Waals surface area contributed by atoms with Crippen molar-refractivity contribution in [2.75, 3.05) is 0 Å². The molecule has 34 heavy (non-hydrogen) atoms.